The van der Waals surface area contributed by atoms with Gasteiger partial charge in [-0.15, -0.1) is 0 Å². The Morgan fingerprint density at radius 2 is 1.60 bits per heavy atom. The smallest absolute Gasteiger partial charge is 0.121 e. The van der Waals surface area contributed by atoms with Crippen molar-refractivity contribution in [2.45, 2.75) is 26.3 Å². The molecule has 0 heterocycles. The first-order chi connectivity index (χ1) is 12.3. The van der Waals surface area contributed by atoms with Crippen LogP contribution in [0.3, 0.4) is 0 Å². The molecule has 0 aliphatic carbocycles. The van der Waals surface area contributed by atoms with E-state index in [9.17, 15) is 0 Å². The zero-order valence-corrected chi connectivity index (χ0v) is 14.7. The molecular weight excluding hydrogens is 306 g/mol. The highest BCUT2D eigenvalue weighted by Gasteiger charge is 1.99. The van der Waals surface area contributed by atoms with Gasteiger partial charge in [-0.3, -0.25) is 0 Å². The van der Waals surface area contributed by atoms with Crippen molar-refractivity contribution in [3.8, 4) is 5.75 Å². The zero-order valence-electron chi connectivity index (χ0n) is 14.7. The monoisotopic (exact) mass is 331 g/mol. The first-order valence-corrected chi connectivity index (χ1v) is 8.86. The molecule has 3 aromatic carbocycles. The number of hydrogen-bond donors (Lipinski definition) is 1. The molecule has 0 aromatic heterocycles. The topological polar surface area (TPSA) is 21.3 Å². The van der Waals surface area contributed by atoms with Crippen LogP contribution < -0.4 is 10.1 Å². The van der Waals surface area contributed by atoms with Crippen LogP contribution in [0.5, 0.6) is 5.75 Å². The first kappa shape index (κ1) is 17.1. The minimum absolute atomic E-state index is 0.732. The van der Waals surface area contributed by atoms with Gasteiger partial charge in [0.2, 0.25) is 0 Å². The molecule has 128 valence electrons. The predicted molar refractivity (Wildman–Crippen MR) is 105 cm³/mol. The van der Waals surface area contributed by atoms with Gasteiger partial charge in [0.05, 0.1) is 6.61 Å². The molecule has 0 bridgehead atoms. The van der Waals surface area contributed by atoms with Crippen LogP contribution in [0.15, 0.2) is 78.9 Å². The van der Waals surface area contributed by atoms with E-state index in [2.05, 4.69) is 79.0 Å². The van der Waals surface area contributed by atoms with Crippen molar-refractivity contribution < 1.29 is 4.74 Å². The Morgan fingerprint density at radius 3 is 2.44 bits per heavy atom. The maximum Gasteiger partial charge on any atom is 0.121 e. The van der Waals surface area contributed by atoms with E-state index >= 15 is 0 Å². The molecule has 3 aromatic rings. The lowest BCUT2D eigenvalue weighted by atomic mass is 10.1. The third-order valence-corrected chi connectivity index (χ3v) is 4.13. The summed E-state index contributed by atoms with van der Waals surface area (Å²) in [5, 5.41) is 3.46. The Morgan fingerprint density at radius 1 is 0.800 bits per heavy atom. The van der Waals surface area contributed by atoms with Gasteiger partial charge in [0, 0.05) is 18.3 Å². The number of rotatable bonds is 8. The summed E-state index contributed by atoms with van der Waals surface area (Å²) in [6.07, 6.45) is 2.07. The van der Waals surface area contributed by atoms with Crippen LogP contribution in [0.4, 0.5) is 5.69 Å². The molecule has 0 atom stereocenters. The van der Waals surface area contributed by atoms with Crippen LogP contribution in [0, 0.1) is 6.92 Å². The summed E-state index contributed by atoms with van der Waals surface area (Å²) in [6.45, 7) is 3.67. The van der Waals surface area contributed by atoms with Crippen molar-refractivity contribution in [1.82, 2.24) is 0 Å². The Kier molecular flexibility index (Phi) is 6.11. The van der Waals surface area contributed by atoms with Gasteiger partial charge in [-0.1, -0.05) is 66.2 Å². The molecule has 0 spiro atoms. The molecule has 1 N–H and O–H groups in total. The largest absolute Gasteiger partial charge is 0.494 e. The van der Waals surface area contributed by atoms with E-state index in [1.807, 2.05) is 12.1 Å². The number of benzene rings is 3. The fourth-order valence-electron chi connectivity index (χ4n) is 2.83. The van der Waals surface area contributed by atoms with Gasteiger partial charge in [0.1, 0.15) is 5.75 Å². The summed E-state index contributed by atoms with van der Waals surface area (Å²) in [5.41, 5.74) is 5.02. The Labute approximate surface area is 150 Å². The molecule has 0 saturated carbocycles. The van der Waals surface area contributed by atoms with Crippen LogP contribution in [-0.2, 0) is 13.0 Å². The molecule has 0 amide bonds. The highest BCUT2D eigenvalue weighted by molar-refractivity contribution is 5.48. The Bertz CT molecular complexity index is 783. The standard InChI is InChI=1S/C23H25NO/c1-19-8-5-11-21(16-19)18-24-22-13-6-14-23(17-22)25-15-7-12-20-9-3-2-4-10-20/h2-6,8-11,13-14,16-17,24H,7,12,15,18H2,1H3. The molecule has 3 rings (SSSR count). The van der Waals surface area contributed by atoms with E-state index in [1.165, 1.54) is 16.7 Å². The fourth-order valence-corrected chi connectivity index (χ4v) is 2.83. The Balaban J connectivity index is 1.46. The molecule has 2 heteroatoms. The van der Waals surface area contributed by atoms with Gasteiger partial charge in [-0.2, -0.15) is 0 Å². The van der Waals surface area contributed by atoms with Crippen molar-refractivity contribution in [1.29, 1.82) is 0 Å². The lowest BCUT2D eigenvalue weighted by Crippen LogP contribution is -2.02. The van der Waals surface area contributed by atoms with Crippen molar-refractivity contribution >= 4 is 5.69 Å². The maximum absolute atomic E-state index is 5.90. The number of nitrogens with one attached hydrogen (secondary N) is 1. The summed E-state index contributed by atoms with van der Waals surface area (Å²) in [7, 11) is 0. The van der Waals surface area contributed by atoms with Gasteiger partial charge in [0.25, 0.3) is 0 Å². The second kappa shape index (κ2) is 8.93. The average molecular weight is 331 g/mol. The van der Waals surface area contributed by atoms with Gasteiger partial charge >= 0.3 is 0 Å². The van der Waals surface area contributed by atoms with E-state index in [0.717, 1.165) is 37.4 Å². The summed E-state index contributed by atoms with van der Waals surface area (Å²) in [5.74, 6) is 0.919. The lowest BCUT2D eigenvalue weighted by molar-refractivity contribution is 0.311. The van der Waals surface area contributed by atoms with E-state index in [4.69, 9.17) is 4.74 Å². The molecule has 0 fully saturated rings. The highest BCUT2D eigenvalue weighted by atomic mass is 16.5. The maximum atomic E-state index is 5.90. The summed E-state index contributed by atoms with van der Waals surface area (Å²) in [6, 6.07) is 27.3. The quantitative estimate of drug-likeness (QED) is 0.541. The Hall–Kier alpha value is -2.74. The minimum atomic E-state index is 0.732. The number of hydrogen-bond acceptors (Lipinski definition) is 2. The van der Waals surface area contributed by atoms with Crippen molar-refractivity contribution in [2.75, 3.05) is 11.9 Å². The molecule has 0 unspecified atom stereocenters. The summed E-state index contributed by atoms with van der Waals surface area (Å²) in [4.78, 5) is 0. The third-order valence-electron chi connectivity index (χ3n) is 4.13. The van der Waals surface area contributed by atoms with Gasteiger partial charge in [-0.05, 0) is 43.0 Å². The minimum Gasteiger partial charge on any atom is -0.494 e. The lowest BCUT2D eigenvalue weighted by Gasteiger charge is -2.10. The molecule has 0 aliphatic rings. The van der Waals surface area contributed by atoms with Crippen LogP contribution >= 0.6 is 0 Å². The molecular formula is C23H25NO. The molecule has 25 heavy (non-hydrogen) atoms. The second-order valence-corrected chi connectivity index (χ2v) is 6.31. The number of ether oxygens (including phenoxy) is 1. The summed E-state index contributed by atoms with van der Waals surface area (Å²) >= 11 is 0. The van der Waals surface area contributed by atoms with E-state index in [0.29, 0.717) is 0 Å². The van der Waals surface area contributed by atoms with E-state index in [1.54, 1.807) is 0 Å². The van der Waals surface area contributed by atoms with Crippen LogP contribution in [0.25, 0.3) is 0 Å². The second-order valence-electron chi connectivity index (χ2n) is 6.31. The highest BCUT2D eigenvalue weighted by Crippen LogP contribution is 2.18. The van der Waals surface area contributed by atoms with Crippen molar-refractivity contribution in [3.63, 3.8) is 0 Å². The van der Waals surface area contributed by atoms with Gasteiger partial charge < -0.3 is 10.1 Å². The van der Waals surface area contributed by atoms with Crippen LogP contribution in [-0.4, -0.2) is 6.61 Å². The van der Waals surface area contributed by atoms with E-state index < -0.39 is 0 Å². The normalized spacial score (nSPS) is 10.4. The molecule has 0 saturated heterocycles. The summed E-state index contributed by atoms with van der Waals surface area (Å²) < 4.78 is 5.90. The average Bonchev–Trinajstić information content (AvgIpc) is 2.65. The van der Waals surface area contributed by atoms with E-state index in [-0.39, 0.29) is 0 Å². The zero-order chi connectivity index (χ0) is 17.3. The van der Waals surface area contributed by atoms with Crippen molar-refractivity contribution in [2.24, 2.45) is 0 Å². The van der Waals surface area contributed by atoms with Gasteiger partial charge in [-0.25, -0.2) is 0 Å². The molecule has 0 aliphatic heterocycles. The van der Waals surface area contributed by atoms with Crippen molar-refractivity contribution in [3.05, 3.63) is 95.6 Å². The molecule has 0 radical (unpaired) electrons. The fraction of sp³-hybridized carbons (Fsp3) is 0.217. The number of aryl methyl sites for hydroxylation is 2. The van der Waals surface area contributed by atoms with Gasteiger partial charge in [0.15, 0.2) is 0 Å². The van der Waals surface area contributed by atoms with Crippen LogP contribution in [0.1, 0.15) is 23.1 Å². The SMILES string of the molecule is Cc1cccc(CNc2cccc(OCCCc3ccccc3)c2)c1. The number of anilines is 1. The predicted octanol–water partition coefficient (Wildman–Crippen LogP) is 5.62. The van der Waals surface area contributed by atoms with Crippen LogP contribution in [0.2, 0.25) is 0 Å². The third kappa shape index (κ3) is 5.68. The molecule has 2 nitrogen and oxygen atoms in total. The first-order valence-electron chi connectivity index (χ1n) is 8.86.